The molecule has 1 atom stereocenters. The van der Waals surface area contributed by atoms with Crippen LogP contribution in [-0.4, -0.2) is 44.3 Å². The lowest BCUT2D eigenvalue weighted by molar-refractivity contribution is 0.0213. The highest BCUT2D eigenvalue weighted by Crippen LogP contribution is 2.39. The standard InChI is InChI=1S/C16H22BrClN2O.2ClH/c17-13-1-2-15(18)14(11-13)16(12-3-9-21-10-4-12)20-7-5-19-6-8-20;;/h1-2,11-12,16,19H,3-10H2;2*1H/t16-;;/m1../s1. The first kappa shape index (κ1) is 21.5. The summed E-state index contributed by atoms with van der Waals surface area (Å²) >= 11 is 10.1. The van der Waals surface area contributed by atoms with Gasteiger partial charge in [-0.1, -0.05) is 27.5 Å². The van der Waals surface area contributed by atoms with Crippen molar-refractivity contribution in [3.63, 3.8) is 0 Å². The van der Waals surface area contributed by atoms with Crippen LogP contribution in [0.4, 0.5) is 0 Å². The first-order chi connectivity index (χ1) is 10.3. The fraction of sp³-hybridized carbons (Fsp3) is 0.625. The Hall–Kier alpha value is 0.450. The molecule has 2 aliphatic rings. The van der Waals surface area contributed by atoms with Crippen molar-refractivity contribution >= 4 is 52.3 Å². The molecule has 1 N–H and O–H groups in total. The van der Waals surface area contributed by atoms with E-state index in [1.165, 1.54) is 5.56 Å². The zero-order valence-corrected chi connectivity index (χ0v) is 16.9. The van der Waals surface area contributed by atoms with E-state index in [0.29, 0.717) is 12.0 Å². The molecule has 0 aromatic heterocycles. The van der Waals surface area contributed by atoms with E-state index in [-0.39, 0.29) is 24.8 Å². The number of benzene rings is 1. The van der Waals surface area contributed by atoms with E-state index >= 15 is 0 Å². The van der Waals surface area contributed by atoms with Gasteiger partial charge in [-0.25, -0.2) is 0 Å². The van der Waals surface area contributed by atoms with Gasteiger partial charge in [0.2, 0.25) is 0 Å². The molecule has 0 unspecified atom stereocenters. The molecule has 0 aliphatic carbocycles. The molecule has 2 fully saturated rings. The summed E-state index contributed by atoms with van der Waals surface area (Å²) in [5, 5.41) is 4.32. The third-order valence-electron chi connectivity index (χ3n) is 4.53. The van der Waals surface area contributed by atoms with Gasteiger partial charge in [-0.05, 0) is 42.5 Å². The molecule has 23 heavy (non-hydrogen) atoms. The minimum Gasteiger partial charge on any atom is -0.381 e. The van der Waals surface area contributed by atoms with E-state index in [4.69, 9.17) is 16.3 Å². The van der Waals surface area contributed by atoms with Crippen molar-refractivity contribution < 1.29 is 4.74 Å². The smallest absolute Gasteiger partial charge is 0.0469 e. The van der Waals surface area contributed by atoms with Crippen LogP contribution in [0.25, 0.3) is 0 Å². The molecule has 1 aromatic rings. The maximum Gasteiger partial charge on any atom is 0.0469 e. The molecule has 0 radical (unpaired) electrons. The van der Waals surface area contributed by atoms with Crippen LogP contribution >= 0.6 is 52.3 Å². The Kier molecular flexibility index (Phi) is 9.76. The minimum absolute atomic E-state index is 0. The van der Waals surface area contributed by atoms with Gasteiger partial charge in [0.15, 0.2) is 0 Å². The normalized spacial score (nSPS) is 21.1. The molecule has 2 aliphatic heterocycles. The summed E-state index contributed by atoms with van der Waals surface area (Å²) in [4.78, 5) is 2.60. The van der Waals surface area contributed by atoms with Crippen molar-refractivity contribution in [1.82, 2.24) is 10.2 Å². The quantitative estimate of drug-likeness (QED) is 0.749. The zero-order valence-electron chi connectivity index (χ0n) is 13.0. The van der Waals surface area contributed by atoms with Crippen LogP contribution in [0.5, 0.6) is 0 Å². The number of rotatable bonds is 3. The average molecular weight is 447 g/mol. The highest BCUT2D eigenvalue weighted by Gasteiger charge is 2.32. The largest absolute Gasteiger partial charge is 0.381 e. The van der Waals surface area contributed by atoms with Crippen molar-refractivity contribution in [3.8, 4) is 0 Å². The molecule has 0 bridgehead atoms. The average Bonchev–Trinajstić information content (AvgIpc) is 2.53. The Balaban J connectivity index is 0.00000132. The monoisotopic (exact) mass is 444 g/mol. The number of piperazine rings is 1. The molecule has 132 valence electrons. The summed E-state index contributed by atoms with van der Waals surface area (Å²) in [6, 6.07) is 6.63. The van der Waals surface area contributed by atoms with Crippen LogP contribution in [0.1, 0.15) is 24.4 Å². The Morgan fingerprint density at radius 3 is 2.48 bits per heavy atom. The van der Waals surface area contributed by atoms with Gasteiger partial charge in [0.1, 0.15) is 0 Å². The molecule has 0 saturated carbocycles. The van der Waals surface area contributed by atoms with Crippen molar-refractivity contribution in [1.29, 1.82) is 0 Å². The number of ether oxygens (including phenoxy) is 1. The Bertz CT molecular complexity index is 462. The third-order valence-corrected chi connectivity index (χ3v) is 5.37. The van der Waals surface area contributed by atoms with E-state index in [1.807, 2.05) is 12.1 Å². The topological polar surface area (TPSA) is 24.5 Å². The SMILES string of the molecule is Cl.Cl.Clc1ccc(Br)cc1[C@@H](C1CCOCC1)N1CCNCC1. The van der Waals surface area contributed by atoms with Crippen molar-refractivity contribution in [2.45, 2.75) is 18.9 Å². The molecule has 0 spiro atoms. The fourth-order valence-corrected chi connectivity index (χ4v) is 4.09. The van der Waals surface area contributed by atoms with E-state index in [0.717, 1.165) is 61.7 Å². The lowest BCUT2D eigenvalue weighted by atomic mass is 9.85. The molecule has 2 heterocycles. The lowest BCUT2D eigenvalue weighted by Gasteiger charge is -2.41. The number of nitrogens with one attached hydrogen (secondary N) is 1. The lowest BCUT2D eigenvalue weighted by Crippen LogP contribution is -2.47. The molecule has 0 amide bonds. The van der Waals surface area contributed by atoms with Gasteiger partial charge in [0.05, 0.1) is 0 Å². The molecular weight excluding hydrogens is 422 g/mol. The maximum absolute atomic E-state index is 6.54. The second kappa shape index (κ2) is 10.4. The number of hydrogen-bond acceptors (Lipinski definition) is 3. The number of hydrogen-bond donors (Lipinski definition) is 1. The highest BCUT2D eigenvalue weighted by molar-refractivity contribution is 9.10. The minimum atomic E-state index is 0. The van der Waals surface area contributed by atoms with Crippen molar-refractivity contribution in [2.75, 3.05) is 39.4 Å². The maximum atomic E-state index is 6.54. The third kappa shape index (κ3) is 5.46. The van der Waals surface area contributed by atoms with E-state index < -0.39 is 0 Å². The molecule has 3 rings (SSSR count). The van der Waals surface area contributed by atoms with Gasteiger partial charge in [-0.2, -0.15) is 0 Å². The van der Waals surface area contributed by atoms with Crippen molar-refractivity contribution in [3.05, 3.63) is 33.3 Å². The fourth-order valence-electron chi connectivity index (χ4n) is 3.48. The van der Waals surface area contributed by atoms with Crippen LogP contribution in [-0.2, 0) is 4.74 Å². The Morgan fingerprint density at radius 2 is 1.83 bits per heavy atom. The predicted octanol–water partition coefficient (Wildman–Crippen LogP) is 4.32. The second-order valence-electron chi connectivity index (χ2n) is 5.85. The first-order valence-corrected chi connectivity index (χ1v) is 8.90. The van der Waals surface area contributed by atoms with Gasteiger partial charge >= 0.3 is 0 Å². The summed E-state index contributed by atoms with van der Waals surface area (Å²) in [6.45, 7) is 6.05. The molecule has 1 aromatic carbocycles. The van der Waals surface area contributed by atoms with Crippen LogP contribution in [0.15, 0.2) is 22.7 Å². The summed E-state index contributed by atoms with van der Waals surface area (Å²) in [5.41, 5.74) is 1.26. The summed E-state index contributed by atoms with van der Waals surface area (Å²) < 4.78 is 6.66. The summed E-state index contributed by atoms with van der Waals surface area (Å²) in [6.07, 6.45) is 2.24. The molecule has 3 nitrogen and oxygen atoms in total. The number of nitrogens with zero attached hydrogens (tertiary/aromatic N) is 1. The Labute approximate surface area is 164 Å². The highest BCUT2D eigenvalue weighted by atomic mass is 79.9. The van der Waals surface area contributed by atoms with Crippen LogP contribution in [0.3, 0.4) is 0 Å². The van der Waals surface area contributed by atoms with E-state index in [1.54, 1.807) is 0 Å². The number of halogens is 4. The van der Waals surface area contributed by atoms with Gasteiger partial charge in [0, 0.05) is 54.9 Å². The van der Waals surface area contributed by atoms with Crippen LogP contribution in [0.2, 0.25) is 5.02 Å². The first-order valence-electron chi connectivity index (χ1n) is 7.73. The van der Waals surface area contributed by atoms with E-state index in [2.05, 4.69) is 32.2 Å². The van der Waals surface area contributed by atoms with Gasteiger partial charge < -0.3 is 10.1 Å². The second-order valence-corrected chi connectivity index (χ2v) is 7.17. The van der Waals surface area contributed by atoms with Gasteiger partial charge in [-0.3, -0.25) is 4.90 Å². The predicted molar refractivity (Wildman–Crippen MR) is 104 cm³/mol. The zero-order chi connectivity index (χ0) is 14.7. The molecular formula is C16H24BrCl3N2O. The molecule has 2 saturated heterocycles. The molecule has 7 heteroatoms. The van der Waals surface area contributed by atoms with Gasteiger partial charge in [0.25, 0.3) is 0 Å². The van der Waals surface area contributed by atoms with Crippen LogP contribution in [0, 0.1) is 5.92 Å². The van der Waals surface area contributed by atoms with Crippen LogP contribution < -0.4 is 5.32 Å². The van der Waals surface area contributed by atoms with E-state index in [9.17, 15) is 0 Å². The summed E-state index contributed by atoms with van der Waals surface area (Å²) in [7, 11) is 0. The van der Waals surface area contributed by atoms with Gasteiger partial charge in [-0.15, -0.1) is 24.8 Å². The Morgan fingerprint density at radius 1 is 1.17 bits per heavy atom. The van der Waals surface area contributed by atoms with Crippen molar-refractivity contribution in [2.24, 2.45) is 5.92 Å². The summed E-state index contributed by atoms with van der Waals surface area (Å²) in [5.74, 6) is 0.628.